The summed E-state index contributed by atoms with van der Waals surface area (Å²) in [5, 5.41) is 14.4. The van der Waals surface area contributed by atoms with Crippen LogP contribution in [0, 0.1) is 0 Å². The van der Waals surface area contributed by atoms with Gasteiger partial charge in [0.1, 0.15) is 27.9 Å². The van der Waals surface area contributed by atoms with E-state index >= 15 is 0 Å². The molecule has 0 aromatic heterocycles. The minimum Gasteiger partial charge on any atom is -0.497 e. The summed E-state index contributed by atoms with van der Waals surface area (Å²) in [4.78, 5) is 45.7. The van der Waals surface area contributed by atoms with E-state index in [1.54, 1.807) is 36.3 Å². The van der Waals surface area contributed by atoms with Crippen molar-refractivity contribution in [3.05, 3.63) is 58.7 Å². The van der Waals surface area contributed by atoms with Crippen molar-refractivity contribution in [2.45, 2.75) is 31.5 Å². The first kappa shape index (κ1) is 33.4. The van der Waals surface area contributed by atoms with Crippen molar-refractivity contribution in [2.75, 3.05) is 64.3 Å². The number of nitrogens with one attached hydrogen (secondary N) is 1. The molecule has 5 rings (SSSR count). The molecule has 46 heavy (non-hydrogen) atoms. The third kappa shape index (κ3) is 7.18. The minimum atomic E-state index is -3.47. The number of sulfone groups is 1. The molecule has 0 radical (unpaired) electrons. The maximum Gasteiger partial charge on any atom is 0.326 e. The zero-order chi connectivity index (χ0) is 33.2. The molecule has 15 heteroatoms. The third-order valence-electron chi connectivity index (χ3n) is 8.56. The second-order valence-corrected chi connectivity index (χ2v) is 14.2. The van der Waals surface area contributed by atoms with Crippen LogP contribution in [0.4, 0.5) is 15.3 Å². The number of ether oxygens (including phenoxy) is 2. The number of piperidine rings is 1. The molecular formula is C31H38ClN5O8S. The molecule has 1 unspecified atom stereocenters. The molecule has 13 nitrogen and oxygen atoms in total. The number of rotatable bonds is 9. The SMILES string of the molecule is COc1ccc2c(c1)CCN(C1CCN(C(=O)CN3C=C(c4cccc(OC)c4Cl)C(O)N(CCS(C)(=O)=O)C3=O)CC1)C(=O)N2. The molecule has 248 valence electrons. The topological polar surface area (TPSA) is 149 Å². The van der Waals surface area contributed by atoms with Gasteiger partial charge in [-0.3, -0.25) is 14.6 Å². The van der Waals surface area contributed by atoms with Crippen LogP contribution in [-0.4, -0.2) is 122 Å². The summed E-state index contributed by atoms with van der Waals surface area (Å²) in [5.41, 5.74) is 2.34. The zero-order valence-electron chi connectivity index (χ0n) is 25.9. The molecule has 3 aliphatic rings. The largest absolute Gasteiger partial charge is 0.497 e. The Kier molecular flexibility index (Phi) is 9.99. The monoisotopic (exact) mass is 675 g/mol. The quantitative estimate of drug-likeness (QED) is 0.412. The smallest absolute Gasteiger partial charge is 0.326 e. The van der Waals surface area contributed by atoms with Crippen LogP contribution >= 0.6 is 11.6 Å². The first-order valence-electron chi connectivity index (χ1n) is 14.9. The van der Waals surface area contributed by atoms with Gasteiger partial charge in [-0.15, -0.1) is 0 Å². The molecule has 5 amide bonds. The first-order chi connectivity index (χ1) is 21.9. The van der Waals surface area contributed by atoms with Crippen molar-refractivity contribution < 1.29 is 37.4 Å². The molecule has 1 saturated heterocycles. The highest BCUT2D eigenvalue weighted by atomic mass is 35.5. The number of hydrogen-bond acceptors (Lipinski definition) is 8. The maximum absolute atomic E-state index is 13.5. The molecule has 1 atom stereocenters. The molecule has 2 N–H and O–H groups in total. The van der Waals surface area contributed by atoms with E-state index in [0.29, 0.717) is 50.2 Å². The van der Waals surface area contributed by atoms with E-state index in [1.165, 1.54) is 18.2 Å². The van der Waals surface area contributed by atoms with E-state index < -0.39 is 22.1 Å². The van der Waals surface area contributed by atoms with Crippen LogP contribution in [0.3, 0.4) is 0 Å². The van der Waals surface area contributed by atoms with Gasteiger partial charge in [0.25, 0.3) is 0 Å². The Balaban J connectivity index is 1.28. The lowest BCUT2D eigenvalue weighted by molar-refractivity contribution is -0.133. The van der Waals surface area contributed by atoms with Gasteiger partial charge in [-0.25, -0.2) is 18.0 Å². The average Bonchev–Trinajstić information content (AvgIpc) is 3.19. The van der Waals surface area contributed by atoms with Crippen molar-refractivity contribution in [1.29, 1.82) is 0 Å². The Morgan fingerprint density at radius 1 is 1.09 bits per heavy atom. The Labute approximate surface area is 273 Å². The fourth-order valence-corrected chi connectivity index (χ4v) is 6.84. The average molecular weight is 676 g/mol. The highest BCUT2D eigenvalue weighted by molar-refractivity contribution is 7.90. The second kappa shape index (κ2) is 13.8. The molecule has 0 bridgehead atoms. The van der Waals surface area contributed by atoms with Crippen LogP contribution in [0.25, 0.3) is 5.57 Å². The number of carbonyl (C=O) groups excluding carboxylic acids is 3. The van der Waals surface area contributed by atoms with Crippen molar-refractivity contribution in [3.8, 4) is 11.5 Å². The number of likely N-dealkylation sites (tertiary alicyclic amines) is 1. The lowest BCUT2D eigenvalue weighted by atomic mass is 10.0. The predicted octanol–water partition coefficient (Wildman–Crippen LogP) is 2.88. The first-order valence-corrected chi connectivity index (χ1v) is 17.3. The molecule has 3 aliphatic heterocycles. The number of aliphatic hydroxyl groups is 1. The van der Waals surface area contributed by atoms with Crippen LogP contribution in [0.1, 0.15) is 24.0 Å². The van der Waals surface area contributed by atoms with Gasteiger partial charge in [-0.05, 0) is 49.1 Å². The van der Waals surface area contributed by atoms with E-state index in [4.69, 9.17) is 21.1 Å². The molecule has 0 aliphatic carbocycles. The number of carbonyl (C=O) groups is 3. The molecule has 2 aromatic carbocycles. The summed E-state index contributed by atoms with van der Waals surface area (Å²) >= 11 is 6.55. The van der Waals surface area contributed by atoms with E-state index in [1.807, 2.05) is 17.0 Å². The van der Waals surface area contributed by atoms with E-state index in [2.05, 4.69) is 5.32 Å². The van der Waals surface area contributed by atoms with Gasteiger partial charge < -0.3 is 29.7 Å². The standard InChI is InChI=1S/C31H38ClN5O8S/c1-44-22-7-8-25-20(17-22)9-14-36(30(40)33-25)21-10-12-34(13-11-21)27(38)19-35-18-24(23-5-4-6-26(45-2)28(23)32)29(39)37(31(35)41)15-16-46(3,42)43/h4-8,17-18,21,29,39H,9-16,19H2,1-3H3,(H,33,40). The number of fused-ring (bicyclic) bond motifs is 1. The normalized spacial score (nSPS) is 19.3. The van der Waals surface area contributed by atoms with Gasteiger partial charge in [0, 0.05) is 61.5 Å². The number of hydrogen-bond donors (Lipinski definition) is 2. The molecule has 1 fully saturated rings. The van der Waals surface area contributed by atoms with Crippen LogP contribution in [0.2, 0.25) is 5.02 Å². The van der Waals surface area contributed by atoms with Crippen LogP contribution in [0.5, 0.6) is 11.5 Å². The number of halogens is 1. The van der Waals surface area contributed by atoms with Crippen molar-refractivity contribution in [2.24, 2.45) is 0 Å². The lowest BCUT2D eigenvalue weighted by Gasteiger charge is -2.40. The fraction of sp³-hybridized carbons (Fsp3) is 0.452. The van der Waals surface area contributed by atoms with Crippen molar-refractivity contribution in [3.63, 3.8) is 0 Å². The Morgan fingerprint density at radius 2 is 1.83 bits per heavy atom. The molecule has 0 spiro atoms. The van der Waals surface area contributed by atoms with Crippen LogP contribution < -0.4 is 14.8 Å². The lowest BCUT2D eigenvalue weighted by Crippen LogP contribution is -2.55. The molecular weight excluding hydrogens is 638 g/mol. The van der Waals surface area contributed by atoms with Gasteiger partial charge in [0.15, 0.2) is 6.23 Å². The molecule has 3 heterocycles. The number of nitrogens with zero attached hydrogens (tertiary/aromatic N) is 4. The summed E-state index contributed by atoms with van der Waals surface area (Å²) < 4.78 is 34.5. The van der Waals surface area contributed by atoms with Gasteiger partial charge in [-0.1, -0.05) is 23.7 Å². The fourth-order valence-electron chi connectivity index (χ4n) is 6.00. The predicted molar refractivity (Wildman–Crippen MR) is 173 cm³/mol. The number of urea groups is 2. The Hall–Kier alpha value is -4.01. The Morgan fingerprint density at radius 3 is 2.50 bits per heavy atom. The highest BCUT2D eigenvalue weighted by Gasteiger charge is 2.38. The summed E-state index contributed by atoms with van der Waals surface area (Å²) in [5.74, 6) is 0.368. The van der Waals surface area contributed by atoms with E-state index in [0.717, 1.165) is 28.2 Å². The molecule has 2 aromatic rings. The number of benzene rings is 2. The summed E-state index contributed by atoms with van der Waals surface area (Å²) in [6.07, 6.45) is 2.70. The van der Waals surface area contributed by atoms with Gasteiger partial charge in [0.2, 0.25) is 5.91 Å². The molecule has 0 saturated carbocycles. The van der Waals surface area contributed by atoms with Crippen molar-refractivity contribution >= 4 is 50.7 Å². The van der Waals surface area contributed by atoms with Crippen LogP contribution in [-0.2, 0) is 21.1 Å². The highest BCUT2D eigenvalue weighted by Crippen LogP contribution is 2.37. The van der Waals surface area contributed by atoms with Gasteiger partial charge in [-0.2, -0.15) is 0 Å². The van der Waals surface area contributed by atoms with Crippen LogP contribution in [0.15, 0.2) is 42.6 Å². The minimum absolute atomic E-state index is 0.0693. The summed E-state index contributed by atoms with van der Waals surface area (Å²) in [7, 11) is -0.423. The van der Waals surface area contributed by atoms with Crippen molar-refractivity contribution in [1.82, 2.24) is 19.6 Å². The number of amides is 5. The summed E-state index contributed by atoms with van der Waals surface area (Å²) in [6, 6.07) is 9.56. The number of aliphatic hydroxyl groups excluding tert-OH is 1. The second-order valence-electron chi connectivity index (χ2n) is 11.5. The number of methoxy groups -OCH3 is 2. The third-order valence-corrected chi connectivity index (χ3v) is 9.87. The zero-order valence-corrected chi connectivity index (χ0v) is 27.5. The summed E-state index contributed by atoms with van der Waals surface area (Å²) in [6.45, 7) is 0.670. The van der Waals surface area contributed by atoms with E-state index in [-0.39, 0.29) is 47.4 Å². The number of anilines is 1. The van der Waals surface area contributed by atoms with Gasteiger partial charge >= 0.3 is 12.1 Å². The van der Waals surface area contributed by atoms with E-state index in [9.17, 15) is 27.9 Å². The Bertz CT molecular complexity index is 1640. The van der Waals surface area contributed by atoms with Gasteiger partial charge in [0.05, 0.1) is 25.0 Å². The maximum atomic E-state index is 13.5.